The van der Waals surface area contributed by atoms with Gasteiger partial charge in [-0.15, -0.1) is 0 Å². The first kappa shape index (κ1) is 20.7. The number of rotatable bonds is 2. The fraction of sp³-hybridized carbons (Fsp3) is 0.480. The van der Waals surface area contributed by atoms with Crippen LogP contribution in [0.5, 0.6) is 0 Å². The number of sulfonamides is 1. The quantitative estimate of drug-likeness (QED) is 0.639. The molecule has 2 aliphatic carbocycles. The van der Waals surface area contributed by atoms with Gasteiger partial charge in [-0.25, -0.2) is 13.2 Å². The number of carbonyl (C=O) groups is 1. The molecule has 2 aliphatic heterocycles. The highest BCUT2D eigenvalue weighted by atomic mass is 32.2. The van der Waals surface area contributed by atoms with E-state index in [-0.39, 0.29) is 11.4 Å². The number of nitrogens with zero attached hydrogens (tertiary/aromatic N) is 1. The summed E-state index contributed by atoms with van der Waals surface area (Å²) in [7, 11) is -3.61. The highest BCUT2D eigenvalue weighted by molar-refractivity contribution is 7.89. The molecule has 5 nitrogen and oxygen atoms in total. The summed E-state index contributed by atoms with van der Waals surface area (Å²) < 4.78 is 34.5. The van der Waals surface area contributed by atoms with Crippen molar-refractivity contribution < 1.29 is 17.9 Å². The lowest BCUT2D eigenvalue weighted by Gasteiger charge is -2.45. The second-order valence-electron chi connectivity index (χ2n) is 9.92. The van der Waals surface area contributed by atoms with Crippen molar-refractivity contribution in [1.29, 1.82) is 0 Å². The number of hydrogen-bond acceptors (Lipinski definition) is 4. The van der Waals surface area contributed by atoms with Crippen LogP contribution in [0.15, 0.2) is 63.1 Å². The maximum atomic E-state index is 13.4. The average molecular weight is 440 g/mol. The molecule has 0 aromatic heterocycles. The number of fused-ring (bicyclic) bond motifs is 3. The lowest BCUT2D eigenvalue weighted by molar-refractivity contribution is -0.152. The Labute approximate surface area is 184 Å². The number of aryl methyl sites for hydroxylation is 1. The van der Waals surface area contributed by atoms with E-state index in [4.69, 9.17) is 4.74 Å². The monoisotopic (exact) mass is 439 g/mol. The lowest BCUT2D eigenvalue weighted by Crippen LogP contribution is -2.44. The second kappa shape index (κ2) is 6.66. The smallest absolute Gasteiger partial charge is 0.334 e. The van der Waals surface area contributed by atoms with Crippen LogP contribution in [0.1, 0.15) is 52.0 Å². The molecule has 5 rings (SSSR count). The van der Waals surface area contributed by atoms with E-state index < -0.39 is 15.6 Å². The fourth-order valence-corrected chi connectivity index (χ4v) is 7.27. The van der Waals surface area contributed by atoms with Crippen LogP contribution in [0, 0.1) is 12.3 Å². The van der Waals surface area contributed by atoms with Gasteiger partial charge in [0.2, 0.25) is 10.0 Å². The lowest BCUT2D eigenvalue weighted by atomic mass is 9.65. The molecule has 31 heavy (non-hydrogen) atoms. The van der Waals surface area contributed by atoms with Gasteiger partial charge in [-0.1, -0.05) is 37.6 Å². The normalized spacial score (nSPS) is 24.9. The van der Waals surface area contributed by atoms with Gasteiger partial charge in [0.25, 0.3) is 0 Å². The molecule has 1 aromatic carbocycles. The van der Waals surface area contributed by atoms with Gasteiger partial charge in [-0.05, 0) is 68.4 Å². The number of hydrogen-bond donors (Lipinski definition) is 0. The second-order valence-corrected chi connectivity index (χ2v) is 11.9. The molecule has 164 valence electrons. The molecule has 2 fully saturated rings. The third-order valence-electron chi connectivity index (χ3n) is 7.29. The average Bonchev–Trinajstić information content (AvgIpc) is 3.33. The van der Waals surface area contributed by atoms with Crippen LogP contribution in [0.3, 0.4) is 0 Å². The summed E-state index contributed by atoms with van der Waals surface area (Å²) in [5.41, 5.74) is 4.94. The predicted octanol–water partition coefficient (Wildman–Crippen LogP) is 4.45. The molecule has 0 N–H and O–H groups in total. The fourth-order valence-electron chi connectivity index (χ4n) is 5.88. The van der Waals surface area contributed by atoms with E-state index in [1.54, 1.807) is 16.4 Å². The first-order valence-corrected chi connectivity index (χ1v) is 12.5. The molecule has 1 spiro atoms. The minimum atomic E-state index is -3.61. The first-order chi connectivity index (χ1) is 14.6. The molecule has 0 unspecified atom stereocenters. The molecule has 2 heterocycles. The van der Waals surface area contributed by atoms with E-state index in [0.717, 1.165) is 53.5 Å². The summed E-state index contributed by atoms with van der Waals surface area (Å²) in [6.45, 7) is 8.71. The van der Waals surface area contributed by atoms with Crippen LogP contribution in [0.2, 0.25) is 0 Å². The van der Waals surface area contributed by atoms with Crippen molar-refractivity contribution in [3.8, 4) is 0 Å². The first-order valence-electron chi connectivity index (χ1n) is 11.0. The summed E-state index contributed by atoms with van der Waals surface area (Å²) in [5, 5.41) is 0. The molecule has 1 aromatic rings. The zero-order valence-electron chi connectivity index (χ0n) is 18.6. The Morgan fingerprint density at radius 2 is 1.61 bits per heavy atom. The third kappa shape index (κ3) is 2.99. The van der Waals surface area contributed by atoms with Crippen LogP contribution >= 0.6 is 0 Å². The molecule has 1 saturated heterocycles. The highest BCUT2D eigenvalue weighted by Gasteiger charge is 2.53. The summed E-state index contributed by atoms with van der Waals surface area (Å²) >= 11 is 0. The van der Waals surface area contributed by atoms with E-state index in [9.17, 15) is 13.2 Å². The Morgan fingerprint density at radius 3 is 2.26 bits per heavy atom. The van der Waals surface area contributed by atoms with Crippen molar-refractivity contribution in [3.05, 3.63) is 63.8 Å². The molecule has 0 bridgehead atoms. The third-order valence-corrected chi connectivity index (χ3v) is 9.10. The topological polar surface area (TPSA) is 63.7 Å². The van der Waals surface area contributed by atoms with Crippen molar-refractivity contribution in [2.75, 3.05) is 13.1 Å². The van der Waals surface area contributed by atoms with Gasteiger partial charge in [0, 0.05) is 29.7 Å². The van der Waals surface area contributed by atoms with Gasteiger partial charge in [-0.2, -0.15) is 4.31 Å². The van der Waals surface area contributed by atoms with Crippen molar-refractivity contribution in [2.45, 2.75) is 63.9 Å². The van der Waals surface area contributed by atoms with Gasteiger partial charge >= 0.3 is 5.97 Å². The van der Waals surface area contributed by atoms with Crippen LogP contribution in [-0.2, 0) is 19.6 Å². The Kier molecular flexibility index (Phi) is 4.45. The van der Waals surface area contributed by atoms with E-state index in [1.165, 1.54) is 0 Å². The maximum Gasteiger partial charge on any atom is 0.334 e. The van der Waals surface area contributed by atoms with Crippen molar-refractivity contribution >= 4 is 16.0 Å². The highest BCUT2D eigenvalue weighted by Crippen LogP contribution is 2.56. The number of esters is 1. The minimum Gasteiger partial charge on any atom is -0.451 e. The number of benzene rings is 1. The Hall–Kier alpha value is -2.18. The zero-order valence-corrected chi connectivity index (χ0v) is 19.4. The van der Waals surface area contributed by atoms with Gasteiger partial charge in [0.05, 0.1) is 4.90 Å². The van der Waals surface area contributed by atoms with Crippen LogP contribution in [-0.4, -0.2) is 37.4 Å². The van der Waals surface area contributed by atoms with Gasteiger partial charge in [0.1, 0.15) is 5.60 Å². The molecule has 0 atom stereocenters. The van der Waals surface area contributed by atoms with Crippen molar-refractivity contribution in [2.24, 2.45) is 5.41 Å². The van der Waals surface area contributed by atoms with Crippen LogP contribution < -0.4 is 0 Å². The number of carbonyl (C=O) groups excluding carboxylic acids is 1. The molecule has 0 radical (unpaired) electrons. The maximum absolute atomic E-state index is 13.4. The van der Waals surface area contributed by atoms with E-state index in [0.29, 0.717) is 23.6 Å². The zero-order chi connectivity index (χ0) is 22.2. The molecule has 6 heteroatoms. The largest absolute Gasteiger partial charge is 0.451 e. The molecule has 1 saturated carbocycles. The van der Waals surface area contributed by atoms with E-state index in [1.807, 2.05) is 26.0 Å². The van der Waals surface area contributed by atoms with Gasteiger partial charge in [-0.3, -0.25) is 0 Å². The predicted molar refractivity (Wildman–Crippen MR) is 119 cm³/mol. The van der Waals surface area contributed by atoms with Crippen LogP contribution in [0.4, 0.5) is 0 Å². The van der Waals surface area contributed by atoms with Gasteiger partial charge < -0.3 is 4.74 Å². The van der Waals surface area contributed by atoms with Gasteiger partial charge in [0.15, 0.2) is 0 Å². The number of allylic oxidation sites excluding steroid dienone is 1. The molecule has 0 amide bonds. The number of ether oxygens (including phenoxy) is 1. The Balaban J connectivity index is 1.67. The van der Waals surface area contributed by atoms with Crippen molar-refractivity contribution in [1.82, 2.24) is 4.31 Å². The van der Waals surface area contributed by atoms with E-state index >= 15 is 0 Å². The molecule has 4 aliphatic rings. The summed E-state index contributed by atoms with van der Waals surface area (Å²) in [6.07, 6.45) is 5.81. The molecular formula is C25H29NO4S. The molecular weight excluding hydrogens is 410 g/mol. The summed E-state index contributed by atoms with van der Waals surface area (Å²) in [4.78, 5) is 13.1. The summed E-state index contributed by atoms with van der Waals surface area (Å²) in [5.74, 6) is -0.228. The van der Waals surface area contributed by atoms with Crippen molar-refractivity contribution in [3.63, 3.8) is 0 Å². The summed E-state index contributed by atoms with van der Waals surface area (Å²) in [6, 6.07) is 7.02. The van der Waals surface area contributed by atoms with Crippen LogP contribution in [0.25, 0.3) is 0 Å². The standard InChI is InChI=1S/C25H29NO4S/c1-16-7-9-19(10-8-16)31(28,29)26-14-18-13-24(3,4)21-17(2)23(27)30-25(11-5-6-12-25)22(21)20(18)15-26/h7-10,13H,5-6,11-12,14-15H2,1-4H3. The minimum absolute atomic E-state index is 0.228. The van der Waals surface area contributed by atoms with E-state index in [2.05, 4.69) is 19.9 Å². The SMILES string of the molecule is CC1=C2C(=C3CN(S(=O)(=O)c4ccc(C)cc4)CC3=CC2(C)C)C2(CCCC2)OC1=O. The Bertz CT molecular complexity index is 1180. The Morgan fingerprint density at radius 1 is 0.968 bits per heavy atom.